The number of aromatic hydroxyl groups is 2. The topological polar surface area (TPSA) is 118 Å². The van der Waals surface area contributed by atoms with Gasteiger partial charge in [-0.25, -0.2) is 4.79 Å². The zero-order chi connectivity index (χ0) is 25.8. The molecule has 0 aliphatic carbocycles. The summed E-state index contributed by atoms with van der Waals surface area (Å²) >= 11 is 0. The van der Waals surface area contributed by atoms with Gasteiger partial charge >= 0.3 is 5.97 Å². The Labute approximate surface area is 211 Å². The van der Waals surface area contributed by atoms with Crippen LogP contribution in [0.25, 0.3) is 0 Å². The minimum atomic E-state index is -0.711. The average molecular weight is 499 g/mol. The van der Waals surface area contributed by atoms with Gasteiger partial charge in [-0.15, -0.1) is 6.58 Å². The summed E-state index contributed by atoms with van der Waals surface area (Å²) in [6.45, 7) is 5.40. The summed E-state index contributed by atoms with van der Waals surface area (Å²) in [4.78, 5) is 32.3. The van der Waals surface area contributed by atoms with E-state index in [1.54, 1.807) is 17.1 Å². The highest BCUT2D eigenvalue weighted by Crippen LogP contribution is 2.29. The fourth-order valence-electron chi connectivity index (χ4n) is 4.04. The number of likely N-dealkylation sites (tertiary alicyclic amines) is 1. The lowest BCUT2D eigenvalue weighted by Gasteiger charge is -2.26. The standard InChI is InChI=1S/C27H34N2O7/c1-2-14-34-23-10-4-7-15-35-27(33)26-20(17-22(30)18-24(26)31)16-21(9-8-11-23)28-36-19-25(32)29-12-5-3-6-13-29/h2,4,8-10,17-18,23,30-31H,1,3,5-7,11-16,19H2/b9-8+,10-4+,28-21+. The van der Waals surface area contributed by atoms with Crippen molar-refractivity contribution in [2.75, 3.05) is 32.9 Å². The van der Waals surface area contributed by atoms with Gasteiger partial charge in [0, 0.05) is 25.6 Å². The minimum Gasteiger partial charge on any atom is -0.508 e. The Hall–Kier alpha value is -3.59. The maximum absolute atomic E-state index is 12.7. The van der Waals surface area contributed by atoms with Gasteiger partial charge in [-0.2, -0.15) is 0 Å². The Bertz CT molecular complexity index is 1010. The Morgan fingerprint density at radius 1 is 1.22 bits per heavy atom. The molecule has 1 aromatic rings. The predicted molar refractivity (Wildman–Crippen MR) is 135 cm³/mol. The zero-order valence-corrected chi connectivity index (χ0v) is 20.4. The smallest absolute Gasteiger partial charge is 0.342 e. The number of nitrogens with zero attached hydrogens (tertiary/aromatic N) is 2. The van der Waals surface area contributed by atoms with Gasteiger partial charge in [-0.3, -0.25) is 4.79 Å². The second-order valence-corrected chi connectivity index (χ2v) is 8.62. The highest BCUT2D eigenvalue weighted by Gasteiger charge is 2.21. The Morgan fingerprint density at radius 3 is 2.81 bits per heavy atom. The van der Waals surface area contributed by atoms with Crippen molar-refractivity contribution in [1.82, 2.24) is 4.90 Å². The van der Waals surface area contributed by atoms with Crippen molar-refractivity contribution in [3.05, 3.63) is 60.2 Å². The molecule has 1 atom stereocenters. The summed E-state index contributed by atoms with van der Waals surface area (Å²) in [7, 11) is 0. The molecular formula is C27H34N2O7. The number of benzene rings is 1. The lowest BCUT2D eigenvalue weighted by atomic mass is 9.99. The molecule has 0 radical (unpaired) electrons. The first-order valence-corrected chi connectivity index (χ1v) is 12.2. The number of amides is 1. The normalized spacial score (nSPS) is 22.1. The third-order valence-corrected chi connectivity index (χ3v) is 5.81. The highest BCUT2D eigenvalue weighted by molar-refractivity contribution is 6.00. The molecule has 1 amide bonds. The second kappa shape index (κ2) is 14.1. The van der Waals surface area contributed by atoms with Crippen molar-refractivity contribution in [2.24, 2.45) is 5.16 Å². The van der Waals surface area contributed by atoms with Crippen LogP contribution < -0.4 is 0 Å². The molecule has 1 unspecified atom stereocenters. The number of oxime groups is 1. The van der Waals surface area contributed by atoms with Crippen LogP contribution in [-0.4, -0.2) is 71.7 Å². The van der Waals surface area contributed by atoms with Gasteiger partial charge in [-0.1, -0.05) is 29.5 Å². The van der Waals surface area contributed by atoms with E-state index in [0.717, 1.165) is 25.3 Å². The molecule has 9 heteroatoms. The van der Waals surface area contributed by atoms with E-state index in [-0.39, 0.29) is 48.7 Å². The van der Waals surface area contributed by atoms with Gasteiger partial charge in [0.25, 0.3) is 5.91 Å². The first-order valence-electron chi connectivity index (χ1n) is 12.2. The summed E-state index contributed by atoms with van der Waals surface area (Å²) < 4.78 is 11.1. The number of phenolic OH excluding ortho intramolecular Hbond substituents is 2. The molecule has 0 saturated carbocycles. The van der Waals surface area contributed by atoms with Crippen LogP contribution in [0.1, 0.15) is 48.0 Å². The van der Waals surface area contributed by atoms with Crippen LogP contribution in [0.5, 0.6) is 11.5 Å². The predicted octanol–water partition coefficient (Wildman–Crippen LogP) is 3.66. The Kier molecular flexibility index (Phi) is 10.6. The van der Waals surface area contributed by atoms with Crippen molar-refractivity contribution in [1.29, 1.82) is 0 Å². The van der Waals surface area contributed by atoms with Crippen LogP contribution in [-0.2, 0) is 25.5 Å². The number of ether oxygens (including phenoxy) is 2. The number of allylic oxidation sites excluding steroid dienone is 1. The number of hydrogen-bond acceptors (Lipinski definition) is 8. The van der Waals surface area contributed by atoms with Crippen LogP contribution in [0.15, 0.2) is 54.2 Å². The fraction of sp³-hybridized carbons (Fsp3) is 0.444. The van der Waals surface area contributed by atoms with E-state index in [4.69, 9.17) is 14.3 Å². The van der Waals surface area contributed by atoms with Gasteiger partial charge in [0.05, 0.1) is 25.0 Å². The van der Waals surface area contributed by atoms with Gasteiger partial charge in [0.1, 0.15) is 17.1 Å². The minimum absolute atomic E-state index is 0.0495. The summed E-state index contributed by atoms with van der Waals surface area (Å²) in [6.07, 6.45) is 12.9. The molecule has 1 fully saturated rings. The van der Waals surface area contributed by atoms with E-state index in [1.165, 1.54) is 6.07 Å². The zero-order valence-electron chi connectivity index (χ0n) is 20.4. The number of piperidine rings is 1. The lowest BCUT2D eigenvalue weighted by molar-refractivity contribution is -0.137. The number of rotatable bonds is 6. The first-order chi connectivity index (χ1) is 17.5. The van der Waals surface area contributed by atoms with E-state index in [0.29, 0.717) is 43.8 Å². The lowest BCUT2D eigenvalue weighted by Crippen LogP contribution is -2.37. The Balaban J connectivity index is 1.85. The van der Waals surface area contributed by atoms with Crippen molar-refractivity contribution >= 4 is 17.6 Å². The van der Waals surface area contributed by atoms with E-state index < -0.39 is 5.97 Å². The second-order valence-electron chi connectivity index (χ2n) is 8.62. The Morgan fingerprint density at radius 2 is 2.03 bits per heavy atom. The molecule has 2 aliphatic rings. The summed E-state index contributed by atoms with van der Waals surface area (Å²) in [5, 5.41) is 24.6. The number of fused-ring (bicyclic) bond motifs is 1. The molecule has 0 bridgehead atoms. The molecule has 9 nitrogen and oxygen atoms in total. The number of cyclic esters (lactones) is 1. The quantitative estimate of drug-likeness (QED) is 0.349. The van der Waals surface area contributed by atoms with Crippen molar-refractivity contribution in [3.63, 3.8) is 0 Å². The van der Waals surface area contributed by atoms with Gasteiger partial charge in [-0.05, 0) is 49.8 Å². The SMILES string of the molecule is C=CCOC1/C=C/CCOC(=O)c2c(O)cc(O)cc2CC(=N/OCC(=O)N2CCCCC2)/C=C/C1. The number of hydrogen-bond donors (Lipinski definition) is 2. The molecule has 1 aromatic carbocycles. The monoisotopic (exact) mass is 498 g/mol. The highest BCUT2D eigenvalue weighted by atomic mass is 16.6. The maximum Gasteiger partial charge on any atom is 0.342 e. The average Bonchev–Trinajstić information content (AvgIpc) is 2.86. The maximum atomic E-state index is 12.7. The molecule has 36 heavy (non-hydrogen) atoms. The van der Waals surface area contributed by atoms with Gasteiger partial charge in [0.15, 0.2) is 6.61 Å². The van der Waals surface area contributed by atoms with Crippen LogP contribution in [0, 0.1) is 0 Å². The molecular weight excluding hydrogens is 464 g/mol. The van der Waals surface area contributed by atoms with E-state index >= 15 is 0 Å². The summed E-state index contributed by atoms with van der Waals surface area (Å²) in [6, 6.07) is 2.46. The van der Waals surface area contributed by atoms with Crippen molar-refractivity contribution in [3.8, 4) is 11.5 Å². The molecule has 2 aliphatic heterocycles. The number of carbonyl (C=O) groups excluding carboxylic acids is 2. The summed E-state index contributed by atoms with van der Waals surface area (Å²) in [5.74, 6) is -1.44. The van der Waals surface area contributed by atoms with E-state index in [9.17, 15) is 19.8 Å². The molecule has 0 aromatic heterocycles. The van der Waals surface area contributed by atoms with Crippen LogP contribution >= 0.6 is 0 Å². The number of carbonyl (C=O) groups is 2. The van der Waals surface area contributed by atoms with Gasteiger partial charge in [0.2, 0.25) is 0 Å². The molecule has 3 rings (SSSR count). The van der Waals surface area contributed by atoms with Crippen LogP contribution in [0.4, 0.5) is 0 Å². The van der Waals surface area contributed by atoms with Crippen molar-refractivity contribution < 1.29 is 34.1 Å². The number of phenols is 2. The molecule has 1 saturated heterocycles. The summed E-state index contributed by atoms with van der Waals surface area (Å²) in [5.41, 5.74) is 0.662. The first kappa shape index (κ1) is 27.0. The van der Waals surface area contributed by atoms with E-state index in [2.05, 4.69) is 11.7 Å². The molecule has 2 N–H and O–H groups in total. The van der Waals surface area contributed by atoms with Crippen LogP contribution in [0.3, 0.4) is 0 Å². The molecule has 0 spiro atoms. The van der Waals surface area contributed by atoms with Gasteiger partial charge < -0.3 is 29.4 Å². The van der Waals surface area contributed by atoms with E-state index in [1.807, 2.05) is 18.2 Å². The third kappa shape index (κ3) is 8.27. The molecule has 2 heterocycles. The fourth-order valence-corrected chi connectivity index (χ4v) is 4.04. The molecule has 194 valence electrons. The largest absolute Gasteiger partial charge is 0.508 e. The number of esters is 1. The van der Waals surface area contributed by atoms with Crippen molar-refractivity contribution in [2.45, 2.75) is 44.6 Å². The van der Waals surface area contributed by atoms with Crippen LogP contribution in [0.2, 0.25) is 0 Å². The third-order valence-electron chi connectivity index (χ3n) is 5.81.